The summed E-state index contributed by atoms with van der Waals surface area (Å²) in [6.45, 7) is 0.749. The summed E-state index contributed by atoms with van der Waals surface area (Å²) in [4.78, 5) is -0.495. The third kappa shape index (κ3) is 2.95. The van der Waals surface area contributed by atoms with E-state index in [4.69, 9.17) is 0 Å². The Morgan fingerprint density at radius 1 is 1.29 bits per heavy atom. The molecule has 0 aromatic heterocycles. The fraction of sp³-hybridized carbons (Fsp3) is 0.571. The van der Waals surface area contributed by atoms with E-state index in [0.717, 1.165) is 44.4 Å². The number of benzene rings is 1. The van der Waals surface area contributed by atoms with Gasteiger partial charge < -0.3 is 5.32 Å². The van der Waals surface area contributed by atoms with E-state index in [9.17, 15) is 17.2 Å². The zero-order valence-corrected chi connectivity index (χ0v) is 12.3. The molecule has 0 radical (unpaired) electrons. The van der Waals surface area contributed by atoms with Crippen molar-refractivity contribution >= 4 is 10.0 Å². The minimum absolute atomic E-state index is 0.0484. The molecule has 1 saturated heterocycles. The molecule has 1 atom stereocenters. The van der Waals surface area contributed by atoms with Gasteiger partial charge in [0.1, 0.15) is 16.5 Å². The molecule has 1 aliphatic heterocycles. The lowest BCUT2D eigenvalue weighted by atomic mass is 9.70. The summed E-state index contributed by atoms with van der Waals surface area (Å²) in [5, 5.41) is 3.45. The van der Waals surface area contributed by atoms with E-state index in [1.807, 2.05) is 0 Å². The third-order valence-electron chi connectivity index (χ3n) is 4.45. The predicted octanol–water partition coefficient (Wildman–Crippen LogP) is 1.92. The first-order valence-corrected chi connectivity index (χ1v) is 8.61. The minimum atomic E-state index is -3.96. The van der Waals surface area contributed by atoms with Crippen molar-refractivity contribution in [2.24, 2.45) is 0 Å². The van der Waals surface area contributed by atoms with Gasteiger partial charge in [-0.05, 0) is 50.8 Å². The summed E-state index contributed by atoms with van der Waals surface area (Å²) in [6.07, 6.45) is 4.64. The highest BCUT2D eigenvalue weighted by Crippen LogP contribution is 2.38. The van der Waals surface area contributed by atoms with Gasteiger partial charge >= 0.3 is 0 Å². The fourth-order valence-corrected chi connectivity index (χ4v) is 4.55. The first-order valence-electron chi connectivity index (χ1n) is 7.13. The summed E-state index contributed by atoms with van der Waals surface area (Å²) in [5.74, 6) is -1.85. The highest BCUT2D eigenvalue weighted by Gasteiger charge is 2.41. The van der Waals surface area contributed by atoms with Gasteiger partial charge in [0.05, 0.1) is 0 Å². The van der Waals surface area contributed by atoms with Crippen LogP contribution in [0.25, 0.3) is 0 Å². The maximum absolute atomic E-state index is 13.7. The van der Waals surface area contributed by atoms with Gasteiger partial charge in [0.25, 0.3) is 0 Å². The van der Waals surface area contributed by atoms with Crippen LogP contribution in [0.15, 0.2) is 23.1 Å². The van der Waals surface area contributed by atoms with Crippen molar-refractivity contribution in [1.29, 1.82) is 0 Å². The smallest absolute Gasteiger partial charge is 0.243 e. The van der Waals surface area contributed by atoms with Gasteiger partial charge in [0.15, 0.2) is 0 Å². The molecule has 7 heteroatoms. The quantitative estimate of drug-likeness (QED) is 0.896. The second-order valence-electron chi connectivity index (χ2n) is 5.95. The molecular weight excluding hydrogens is 298 g/mol. The largest absolute Gasteiger partial charge is 0.311 e. The monoisotopic (exact) mass is 316 g/mol. The second kappa shape index (κ2) is 5.30. The molecule has 2 N–H and O–H groups in total. The van der Waals surface area contributed by atoms with Crippen LogP contribution >= 0.6 is 0 Å². The van der Waals surface area contributed by atoms with Crippen molar-refractivity contribution in [1.82, 2.24) is 10.0 Å². The van der Waals surface area contributed by atoms with E-state index >= 15 is 0 Å². The number of halogens is 2. The van der Waals surface area contributed by atoms with Gasteiger partial charge in [-0.3, -0.25) is 0 Å². The Hall–Kier alpha value is -1.05. The van der Waals surface area contributed by atoms with Gasteiger partial charge in [-0.1, -0.05) is 0 Å². The molecule has 21 heavy (non-hydrogen) atoms. The van der Waals surface area contributed by atoms with Gasteiger partial charge in [-0.2, -0.15) is 0 Å². The molecule has 1 spiro atoms. The molecule has 1 aromatic rings. The van der Waals surface area contributed by atoms with Crippen molar-refractivity contribution in [2.75, 3.05) is 6.54 Å². The standard InChI is InChI=1S/C14H18F2N2O2S/c15-10-2-3-13(12(16)8-10)21(19,20)18-11-4-7-17-14(9-11)5-1-6-14/h2-3,8,11,17-18H,1,4-7,9H2. The summed E-state index contributed by atoms with van der Waals surface area (Å²) in [6, 6.07) is 2.30. The Balaban J connectivity index is 1.76. The first kappa shape index (κ1) is 14.9. The van der Waals surface area contributed by atoms with E-state index in [2.05, 4.69) is 10.0 Å². The van der Waals surface area contributed by atoms with E-state index in [1.54, 1.807) is 0 Å². The molecule has 1 saturated carbocycles. The highest BCUT2D eigenvalue weighted by molar-refractivity contribution is 7.89. The topological polar surface area (TPSA) is 58.2 Å². The Kier molecular flexibility index (Phi) is 3.75. The average molecular weight is 316 g/mol. The molecule has 1 heterocycles. The lowest BCUT2D eigenvalue weighted by Crippen LogP contribution is -2.59. The van der Waals surface area contributed by atoms with Crippen LogP contribution in [0.3, 0.4) is 0 Å². The number of piperidine rings is 1. The molecule has 1 unspecified atom stereocenters. The molecular formula is C14H18F2N2O2S. The van der Waals surface area contributed by atoms with Gasteiger partial charge in [0.2, 0.25) is 10.0 Å². The maximum atomic E-state index is 13.7. The van der Waals surface area contributed by atoms with Gasteiger partial charge in [0, 0.05) is 17.6 Å². The van der Waals surface area contributed by atoms with E-state index in [1.165, 1.54) is 0 Å². The third-order valence-corrected chi connectivity index (χ3v) is 6.00. The maximum Gasteiger partial charge on any atom is 0.243 e. The van der Waals surface area contributed by atoms with Crippen LogP contribution in [0, 0.1) is 11.6 Å². The predicted molar refractivity (Wildman–Crippen MR) is 74.3 cm³/mol. The lowest BCUT2D eigenvalue weighted by Gasteiger charge is -2.48. The van der Waals surface area contributed by atoms with Crippen LogP contribution in [-0.2, 0) is 10.0 Å². The Labute approximate surface area is 123 Å². The first-order chi connectivity index (χ1) is 9.90. The van der Waals surface area contributed by atoms with Crippen LogP contribution < -0.4 is 10.0 Å². The van der Waals surface area contributed by atoms with Crippen LogP contribution in [0.4, 0.5) is 8.78 Å². The Morgan fingerprint density at radius 3 is 2.67 bits per heavy atom. The minimum Gasteiger partial charge on any atom is -0.311 e. The summed E-state index contributed by atoms with van der Waals surface area (Å²) < 4.78 is 53.6. The molecule has 2 fully saturated rings. The van der Waals surface area contributed by atoms with Gasteiger partial charge in [-0.15, -0.1) is 0 Å². The lowest BCUT2D eigenvalue weighted by molar-refractivity contribution is 0.126. The number of hydrogen-bond donors (Lipinski definition) is 2. The average Bonchev–Trinajstić information content (AvgIpc) is 2.36. The van der Waals surface area contributed by atoms with Crippen molar-refractivity contribution in [2.45, 2.75) is 48.6 Å². The van der Waals surface area contributed by atoms with E-state index in [0.29, 0.717) is 12.5 Å². The summed E-state index contributed by atoms with van der Waals surface area (Å²) >= 11 is 0. The zero-order chi connectivity index (χ0) is 15.1. The molecule has 1 aromatic carbocycles. The highest BCUT2D eigenvalue weighted by atomic mass is 32.2. The second-order valence-corrected chi connectivity index (χ2v) is 7.63. The fourth-order valence-electron chi connectivity index (χ4n) is 3.22. The SMILES string of the molecule is O=S(=O)(NC1CCNC2(CCC2)C1)c1ccc(F)cc1F. The molecule has 4 nitrogen and oxygen atoms in total. The van der Waals surface area contributed by atoms with Crippen LogP contribution in [-0.4, -0.2) is 26.5 Å². The van der Waals surface area contributed by atoms with Gasteiger partial charge in [-0.25, -0.2) is 21.9 Å². The summed E-state index contributed by atoms with van der Waals surface area (Å²) in [5.41, 5.74) is 0.0484. The zero-order valence-electron chi connectivity index (χ0n) is 11.5. The molecule has 1 aliphatic carbocycles. The molecule has 0 bridgehead atoms. The Bertz CT molecular complexity index is 644. The van der Waals surface area contributed by atoms with Crippen LogP contribution in [0.1, 0.15) is 32.1 Å². The van der Waals surface area contributed by atoms with Crippen LogP contribution in [0.5, 0.6) is 0 Å². The number of sulfonamides is 1. The molecule has 2 aliphatic rings. The summed E-state index contributed by atoms with van der Waals surface area (Å²) in [7, 11) is -3.96. The molecule has 0 amide bonds. The Morgan fingerprint density at radius 2 is 2.05 bits per heavy atom. The van der Waals surface area contributed by atoms with Crippen molar-refractivity contribution in [3.8, 4) is 0 Å². The van der Waals surface area contributed by atoms with Crippen molar-refractivity contribution in [3.05, 3.63) is 29.8 Å². The normalized spacial score (nSPS) is 24.8. The number of nitrogens with one attached hydrogen (secondary N) is 2. The number of rotatable bonds is 3. The van der Waals surface area contributed by atoms with Crippen LogP contribution in [0.2, 0.25) is 0 Å². The van der Waals surface area contributed by atoms with Crippen molar-refractivity contribution in [3.63, 3.8) is 0 Å². The van der Waals surface area contributed by atoms with E-state index < -0.39 is 26.6 Å². The van der Waals surface area contributed by atoms with E-state index in [-0.39, 0.29) is 11.6 Å². The molecule has 116 valence electrons. The number of hydrogen-bond acceptors (Lipinski definition) is 3. The van der Waals surface area contributed by atoms with Crippen molar-refractivity contribution < 1.29 is 17.2 Å². The molecule has 3 rings (SSSR count).